The first-order valence-electron chi connectivity index (χ1n) is 4.93. The minimum absolute atomic E-state index is 0.396. The normalized spacial score (nSPS) is 11.9. The van der Waals surface area contributed by atoms with Crippen LogP contribution in [0.15, 0.2) is 10.3 Å². The molecule has 0 atom stereocenters. The first-order chi connectivity index (χ1) is 8.62. The Kier molecular flexibility index (Phi) is 4.82. The second-order valence-electron chi connectivity index (χ2n) is 3.64. The lowest BCUT2D eigenvalue weighted by Crippen LogP contribution is -2.19. The van der Waals surface area contributed by atoms with E-state index in [4.69, 9.17) is 9.88 Å². The largest absolute Gasteiger partial charge is 0.459 e. The molecule has 10 heteroatoms. The molecule has 0 aliphatic heterocycles. The number of thiophene rings is 1. The lowest BCUT2D eigenvalue weighted by atomic mass is 10.4. The molecule has 1 aromatic heterocycles. The Morgan fingerprint density at radius 1 is 1.42 bits per heavy atom. The summed E-state index contributed by atoms with van der Waals surface area (Å²) in [6.07, 6.45) is -0.498. The summed E-state index contributed by atoms with van der Waals surface area (Å²) < 4.78 is 55.8. The number of carbonyl (C=O) groups is 1. The molecule has 1 aromatic rings. The summed E-state index contributed by atoms with van der Waals surface area (Å²) in [4.78, 5) is 10.5. The predicted octanol–water partition coefficient (Wildman–Crippen LogP) is 1.56. The van der Waals surface area contributed by atoms with Crippen LogP contribution in [0.2, 0.25) is 0 Å². The Balaban J connectivity index is 3.27. The van der Waals surface area contributed by atoms with Gasteiger partial charge in [-0.25, -0.2) is 18.4 Å². The van der Waals surface area contributed by atoms with Crippen molar-refractivity contribution in [1.29, 1.82) is 0 Å². The van der Waals surface area contributed by atoms with Crippen LogP contribution in [0.25, 0.3) is 0 Å². The van der Waals surface area contributed by atoms with Crippen LogP contribution in [0.1, 0.15) is 23.5 Å². The average Bonchev–Trinajstić information content (AvgIpc) is 2.58. The van der Waals surface area contributed by atoms with Crippen LogP contribution in [0, 0.1) is 0 Å². The molecule has 0 bridgehead atoms. The van der Waals surface area contributed by atoms with Crippen molar-refractivity contribution < 1.29 is 31.5 Å². The van der Waals surface area contributed by atoms with E-state index in [0.29, 0.717) is 11.3 Å². The Morgan fingerprint density at radius 2 is 2.00 bits per heavy atom. The van der Waals surface area contributed by atoms with Crippen molar-refractivity contribution >= 4 is 27.3 Å². The summed E-state index contributed by atoms with van der Waals surface area (Å²) in [6, 6.07) is 0. The van der Waals surface area contributed by atoms with Gasteiger partial charge in [0.15, 0.2) is 5.75 Å². The fourth-order valence-corrected chi connectivity index (χ4v) is 3.23. The number of hydrogen-bond donors (Lipinski definition) is 1. The molecule has 0 unspecified atom stereocenters. The number of alkyl halides is 2. The van der Waals surface area contributed by atoms with Gasteiger partial charge in [0.05, 0.1) is 6.10 Å². The van der Waals surface area contributed by atoms with Crippen LogP contribution in [0.3, 0.4) is 0 Å². The van der Waals surface area contributed by atoms with Gasteiger partial charge in [-0.05, 0) is 13.8 Å². The van der Waals surface area contributed by atoms with E-state index in [9.17, 15) is 22.0 Å². The molecule has 0 saturated heterocycles. The van der Waals surface area contributed by atoms with Gasteiger partial charge in [-0.1, -0.05) is 0 Å². The molecular formula is C9H11F2NO5S2. The lowest BCUT2D eigenvalue weighted by molar-refractivity contribution is -0.0515. The maximum Gasteiger partial charge on any atom is 0.387 e. The molecule has 0 aromatic carbocycles. The zero-order valence-corrected chi connectivity index (χ0v) is 11.6. The molecule has 0 spiro atoms. The maximum atomic E-state index is 12.1. The summed E-state index contributed by atoms with van der Waals surface area (Å²) in [5.41, 5.74) is 0. The molecule has 1 rings (SSSR count). The van der Waals surface area contributed by atoms with E-state index in [0.717, 1.165) is 5.38 Å². The first kappa shape index (κ1) is 15.8. The van der Waals surface area contributed by atoms with E-state index < -0.39 is 44.2 Å². The number of ether oxygens (including phenoxy) is 2. The highest BCUT2D eigenvalue weighted by molar-refractivity contribution is 7.89. The van der Waals surface area contributed by atoms with Crippen LogP contribution in [0.4, 0.5) is 8.78 Å². The highest BCUT2D eigenvalue weighted by Crippen LogP contribution is 2.34. The van der Waals surface area contributed by atoms with E-state index >= 15 is 0 Å². The quantitative estimate of drug-likeness (QED) is 0.832. The number of hydrogen-bond acceptors (Lipinski definition) is 6. The second-order valence-corrected chi connectivity index (χ2v) is 6.01. The Hall–Kier alpha value is -1.26. The summed E-state index contributed by atoms with van der Waals surface area (Å²) in [6.45, 7) is -0.124. The second kappa shape index (κ2) is 5.80. The van der Waals surface area contributed by atoms with Crippen molar-refractivity contribution in [1.82, 2.24) is 0 Å². The number of halogens is 2. The fraction of sp³-hybridized carbons (Fsp3) is 0.444. The lowest BCUT2D eigenvalue weighted by Gasteiger charge is -2.08. The van der Waals surface area contributed by atoms with Crippen molar-refractivity contribution in [3.63, 3.8) is 0 Å². The van der Waals surface area contributed by atoms with Crippen LogP contribution >= 0.6 is 11.3 Å². The van der Waals surface area contributed by atoms with Gasteiger partial charge < -0.3 is 9.47 Å². The van der Waals surface area contributed by atoms with Crippen LogP contribution in [0.5, 0.6) is 5.75 Å². The zero-order valence-electron chi connectivity index (χ0n) is 9.92. The van der Waals surface area contributed by atoms with Crippen LogP contribution in [-0.2, 0) is 14.8 Å². The monoisotopic (exact) mass is 315 g/mol. The Morgan fingerprint density at radius 3 is 2.42 bits per heavy atom. The smallest absolute Gasteiger partial charge is 0.387 e. The highest BCUT2D eigenvalue weighted by atomic mass is 32.2. The predicted molar refractivity (Wildman–Crippen MR) is 62.9 cm³/mol. The highest BCUT2D eigenvalue weighted by Gasteiger charge is 2.29. The molecular weight excluding hydrogens is 304 g/mol. The Labute approximate surface area is 112 Å². The summed E-state index contributed by atoms with van der Waals surface area (Å²) in [5, 5.41) is 5.85. The first-order valence-corrected chi connectivity index (χ1v) is 7.35. The van der Waals surface area contributed by atoms with Gasteiger partial charge >= 0.3 is 12.6 Å². The molecule has 2 N–H and O–H groups in total. The molecule has 0 saturated carbocycles. The molecule has 0 radical (unpaired) electrons. The van der Waals surface area contributed by atoms with Crippen molar-refractivity contribution in [2.24, 2.45) is 5.14 Å². The third-order valence-corrected chi connectivity index (χ3v) is 3.78. The van der Waals surface area contributed by atoms with E-state index in [2.05, 4.69) is 4.74 Å². The van der Waals surface area contributed by atoms with Crippen molar-refractivity contribution in [2.75, 3.05) is 0 Å². The number of rotatable bonds is 5. The molecule has 0 fully saturated rings. The number of sulfonamides is 1. The van der Waals surface area contributed by atoms with Gasteiger partial charge in [-0.15, -0.1) is 11.3 Å². The number of esters is 1. The third-order valence-electron chi connectivity index (χ3n) is 1.74. The molecule has 19 heavy (non-hydrogen) atoms. The van der Waals surface area contributed by atoms with Gasteiger partial charge in [-0.3, -0.25) is 0 Å². The van der Waals surface area contributed by atoms with Gasteiger partial charge in [0.1, 0.15) is 9.77 Å². The van der Waals surface area contributed by atoms with Gasteiger partial charge in [0.25, 0.3) is 0 Å². The molecule has 6 nitrogen and oxygen atoms in total. The standard InChI is InChI=1S/C9H11F2NO5S2/c1-4(2)16-8(13)6-7(19(12,14)15)5(3-18-6)17-9(10)11/h3-4,9H,1-2H3,(H2,12,14,15). The number of nitrogens with two attached hydrogens (primary N) is 1. The van der Waals surface area contributed by atoms with Crippen LogP contribution in [-0.4, -0.2) is 27.1 Å². The Bertz CT molecular complexity index is 567. The van der Waals surface area contributed by atoms with E-state index in [-0.39, 0.29) is 0 Å². The molecule has 0 amide bonds. The van der Waals surface area contributed by atoms with Gasteiger partial charge in [0.2, 0.25) is 10.0 Å². The number of carbonyl (C=O) groups excluding carboxylic acids is 1. The topological polar surface area (TPSA) is 95.7 Å². The van der Waals surface area contributed by atoms with Gasteiger partial charge in [-0.2, -0.15) is 8.78 Å². The van der Waals surface area contributed by atoms with Crippen molar-refractivity contribution in [3.05, 3.63) is 10.3 Å². The SMILES string of the molecule is CC(C)OC(=O)c1scc(OC(F)F)c1S(N)(=O)=O. The van der Waals surface area contributed by atoms with E-state index in [1.165, 1.54) is 0 Å². The molecule has 0 aliphatic rings. The summed E-state index contributed by atoms with van der Waals surface area (Å²) in [5.74, 6) is -1.63. The number of primary sulfonamides is 1. The van der Waals surface area contributed by atoms with Crippen molar-refractivity contribution in [3.8, 4) is 5.75 Å². The van der Waals surface area contributed by atoms with Crippen molar-refractivity contribution in [2.45, 2.75) is 31.5 Å². The summed E-state index contributed by atoms with van der Waals surface area (Å²) in [7, 11) is -4.40. The zero-order chi connectivity index (χ0) is 14.8. The van der Waals surface area contributed by atoms with E-state index in [1.54, 1.807) is 13.8 Å². The van der Waals surface area contributed by atoms with Crippen LogP contribution < -0.4 is 9.88 Å². The maximum absolute atomic E-state index is 12.1. The molecule has 108 valence electrons. The average molecular weight is 315 g/mol. The minimum Gasteiger partial charge on any atom is -0.459 e. The van der Waals surface area contributed by atoms with Gasteiger partial charge in [0, 0.05) is 5.38 Å². The fourth-order valence-electron chi connectivity index (χ4n) is 1.19. The van der Waals surface area contributed by atoms with E-state index in [1.807, 2.05) is 0 Å². The summed E-state index contributed by atoms with van der Waals surface area (Å²) >= 11 is 0.603. The minimum atomic E-state index is -4.40. The molecule has 1 heterocycles. The third kappa shape index (κ3) is 4.11. The molecule has 0 aliphatic carbocycles.